The molecule has 0 radical (unpaired) electrons. The van der Waals surface area contributed by atoms with Crippen molar-refractivity contribution in [3.05, 3.63) is 36.2 Å². The summed E-state index contributed by atoms with van der Waals surface area (Å²) in [6.45, 7) is 0. The molecule has 1 aliphatic rings. The van der Waals surface area contributed by atoms with E-state index in [0.29, 0.717) is 18.4 Å². The Morgan fingerprint density at radius 2 is 1.80 bits per heavy atom. The number of ether oxygens (including phenoxy) is 1. The highest BCUT2D eigenvalue weighted by Crippen LogP contribution is 2.41. The summed E-state index contributed by atoms with van der Waals surface area (Å²) in [5.41, 5.74) is 8.23. The van der Waals surface area contributed by atoms with Gasteiger partial charge in [-0.25, -0.2) is 9.97 Å². The molecule has 0 saturated heterocycles. The van der Waals surface area contributed by atoms with Gasteiger partial charge in [0.2, 0.25) is 11.9 Å². The van der Waals surface area contributed by atoms with Gasteiger partial charge >= 0.3 is 0 Å². The van der Waals surface area contributed by atoms with E-state index in [4.69, 9.17) is 10.5 Å². The molecule has 1 aromatic heterocycles. The summed E-state index contributed by atoms with van der Waals surface area (Å²) in [6.07, 6.45) is 7.59. The maximum Gasteiger partial charge on any atom is 0.223 e. The smallest absolute Gasteiger partial charge is 0.223 e. The van der Waals surface area contributed by atoms with Gasteiger partial charge in [-0.05, 0) is 62.4 Å². The zero-order chi connectivity index (χ0) is 20.1. The van der Waals surface area contributed by atoms with E-state index >= 15 is 0 Å². The minimum Gasteiger partial charge on any atom is -0.496 e. The van der Waals surface area contributed by atoms with Crippen LogP contribution in [0.15, 0.2) is 30.6 Å². The predicted molar refractivity (Wildman–Crippen MR) is 125 cm³/mol. The molecule has 0 spiro atoms. The fourth-order valence-electron chi connectivity index (χ4n) is 4.04. The number of amides is 1. The lowest BCUT2D eigenvalue weighted by molar-refractivity contribution is -0.129. The van der Waals surface area contributed by atoms with Gasteiger partial charge in [-0.3, -0.25) is 4.79 Å². The third kappa shape index (κ3) is 5.53. The number of methoxy groups -OCH3 is 1. The van der Waals surface area contributed by atoms with E-state index in [9.17, 15) is 4.79 Å². The molecule has 7 nitrogen and oxygen atoms in total. The van der Waals surface area contributed by atoms with E-state index in [1.165, 1.54) is 0 Å². The molecule has 3 rings (SSSR count). The van der Waals surface area contributed by atoms with Gasteiger partial charge in [-0.2, -0.15) is 0 Å². The minimum absolute atomic E-state index is 0. The first-order valence-electron chi connectivity index (χ1n) is 9.65. The fourth-order valence-corrected chi connectivity index (χ4v) is 4.04. The van der Waals surface area contributed by atoms with Crippen LogP contribution >= 0.6 is 24.8 Å². The zero-order valence-electron chi connectivity index (χ0n) is 17.6. The molecule has 0 unspecified atom stereocenters. The van der Waals surface area contributed by atoms with Gasteiger partial charge < -0.3 is 21.1 Å². The van der Waals surface area contributed by atoms with Gasteiger partial charge in [-0.15, -0.1) is 24.8 Å². The molecule has 9 heteroatoms. The van der Waals surface area contributed by atoms with Crippen molar-refractivity contribution in [2.45, 2.75) is 38.1 Å². The van der Waals surface area contributed by atoms with Crippen LogP contribution in [0, 0.1) is 5.41 Å². The largest absolute Gasteiger partial charge is 0.496 e. The number of nitrogens with two attached hydrogens (primary N) is 1. The first kappa shape index (κ1) is 25.9. The maximum absolute atomic E-state index is 12.4. The molecule has 0 atom stereocenters. The highest BCUT2D eigenvalue weighted by atomic mass is 35.5. The Balaban J connectivity index is 0.00000225. The Labute approximate surface area is 190 Å². The summed E-state index contributed by atoms with van der Waals surface area (Å²) in [7, 11) is 5.40. The number of anilines is 1. The van der Waals surface area contributed by atoms with Gasteiger partial charge in [0.1, 0.15) is 5.75 Å². The molecule has 0 aliphatic heterocycles. The van der Waals surface area contributed by atoms with Crippen LogP contribution in [-0.4, -0.2) is 43.1 Å². The molecular formula is C21H31Cl2N5O2. The second-order valence-electron chi connectivity index (χ2n) is 7.46. The van der Waals surface area contributed by atoms with Crippen LogP contribution in [0.25, 0.3) is 11.1 Å². The van der Waals surface area contributed by atoms with E-state index in [2.05, 4.69) is 26.7 Å². The number of carbonyl (C=O) groups is 1. The monoisotopic (exact) mass is 455 g/mol. The van der Waals surface area contributed by atoms with Crippen molar-refractivity contribution in [2.24, 2.45) is 11.1 Å². The molecule has 0 bridgehead atoms. The summed E-state index contributed by atoms with van der Waals surface area (Å²) in [5, 5.41) is 6.23. The van der Waals surface area contributed by atoms with Gasteiger partial charge in [0.05, 0.1) is 12.5 Å². The SMILES string of the molecule is CNc1ncc(-c2ccc(OC)c(CC3(C(N)=O)CCC(NC)CC3)c2)cn1.Cl.Cl. The van der Waals surface area contributed by atoms with Crippen LogP contribution in [0.1, 0.15) is 31.2 Å². The maximum atomic E-state index is 12.4. The Hall–Kier alpha value is -2.09. The van der Waals surface area contributed by atoms with E-state index in [1.807, 2.05) is 19.2 Å². The molecule has 1 aromatic carbocycles. The quantitative estimate of drug-likeness (QED) is 0.592. The number of halogens is 2. The van der Waals surface area contributed by atoms with Crippen LogP contribution in [0.5, 0.6) is 5.75 Å². The first-order chi connectivity index (χ1) is 13.5. The molecular weight excluding hydrogens is 425 g/mol. The highest BCUT2D eigenvalue weighted by molar-refractivity contribution is 5.85. The average Bonchev–Trinajstić information content (AvgIpc) is 2.74. The van der Waals surface area contributed by atoms with Gasteiger partial charge in [0.15, 0.2) is 0 Å². The lowest BCUT2D eigenvalue weighted by Gasteiger charge is -2.38. The first-order valence-corrected chi connectivity index (χ1v) is 9.65. The normalized spacial score (nSPS) is 20.4. The standard InChI is InChI=1S/C21H29N5O2.2ClH/c1-23-17-6-8-21(9-7-17,19(22)27)11-15-10-14(4-5-18(15)28-3)16-12-25-20(24-2)26-13-16;;/h4-5,10,12-13,17,23H,6-9,11H2,1-3H3,(H2,22,27)(H,24,25,26);2*1H. The number of aromatic nitrogens is 2. The number of nitrogens with zero attached hydrogens (tertiary/aromatic N) is 2. The van der Waals surface area contributed by atoms with E-state index in [1.54, 1.807) is 26.6 Å². The van der Waals surface area contributed by atoms with Crippen molar-refractivity contribution < 1.29 is 9.53 Å². The molecule has 30 heavy (non-hydrogen) atoms. The second-order valence-corrected chi connectivity index (χ2v) is 7.46. The molecule has 1 fully saturated rings. The molecule has 4 N–H and O–H groups in total. The lowest BCUT2D eigenvalue weighted by atomic mass is 9.68. The van der Waals surface area contributed by atoms with Gasteiger partial charge in [0.25, 0.3) is 0 Å². The second kappa shape index (κ2) is 11.3. The number of hydrogen-bond acceptors (Lipinski definition) is 6. The van der Waals surface area contributed by atoms with Crippen molar-refractivity contribution in [2.75, 3.05) is 26.5 Å². The predicted octanol–water partition coefficient (Wildman–Crippen LogP) is 3.21. The Morgan fingerprint density at radius 3 is 2.30 bits per heavy atom. The number of hydrogen-bond donors (Lipinski definition) is 3. The third-order valence-corrected chi connectivity index (χ3v) is 5.89. The molecule has 1 heterocycles. The van der Waals surface area contributed by atoms with E-state index in [0.717, 1.165) is 48.1 Å². The molecule has 166 valence electrons. The molecule has 1 aliphatic carbocycles. The zero-order valence-corrected chi connectivity index (χ0v) is 19.2. The summed E-state index contributed by atoms with van der Waals surface area (Å²) in [6, 6.07) is 6.42. The van der Waals surface area contributed by atoms with E-state index < -0.39 is 5.41 Å². The number of primary amides is 1. The molecule has 1 saturated carbocycles. The molecule has 1 amide bonds. The Kier molecular flexibility index (Phi) is 9.81. The van der Waals surface area contributed by atoms with Crippen LogP contribution < -0.4 is 21.1 Å². The van der Waals surface area contributed by atoms with Crippen LogP contribution in [-0.2, 0) is 11.2 Å². The topological polar surface area (TPSA) is 102 Å². The Morgan fingerprint density at radius 1 is 1.17 bits per heavy atom. The number of rotatable bonds is 7. The summed E-state index contributed by atoms with van der Waals surface area (Å²) < 4.78 is 5.58. The van der Waals surface area contributed by atoms with E-state index in [-0.39, 0.29) is 30.7 Å². The Bertz CT molecular complexity index is 825. The summed E-state index contributed by atoms with van der Waals surface area (Å²) in [5.74, 6) is 1.12. The van der Waals surface area contributed by atoms with Crippen molar-refractivity contribution in [3.8, 4) is 16.9 Å². The fraction of sp³-hybridized carbons (Fsp3) is 0.476. The number of benzene rings is 1. The van der Waals surface area contributed by atoms with Gasteiger partial charge in [-0.1, -0.05) is 6.07 Å². The van der Waals surface area contributed by atoms with Crippen molar-refractivity contribution in [1.29, 1.82) is 0 Å². The van der Waals surface area contributed by atoms with Crippen LogP contribution in [0.4, 0.5) is 5.95 Å². The minimum atomic E-state index is -0.536. The average molecular weight is 456 g/mol. The summed E-state index contributed by atoms with van der Waals surface area (Å²) >= 11 is 0. The van der Waals surface area contributed by atoms with Crippen molar-refractivity contribution >= 4 is 36.7 Å². The highest BCUT2D eigenvalue weighted by Gasteiger charge is 2.40. The van der Waals surface area contributed by atoms with Crippen LogP contribution in [0.2, 0.25) is 0 Å². The third-order valence-electron chi connectivity index (χ3n) is 5.89. The molecule has 2 aromatic rings. The van der Waals surface area contributed by atoms with Crippen molar-refractivity contribution in [3.63, 3.8) is 0 Å². The lowest BCUT2D eigenvalue weighted by Crippen LogP contribution is -2.45. The number of carbonyl (C=O) groups excluding carboxylic acids is 1. The number of nitrogens with one attached hydrogen (secondary N) is 2. The summed E-state index contributed by atoms with van der Waals surface area (Å²) in [4.78, 5) is 21.0. The van der Waals surface area contributed by atoms with Crippen molar-refractivity contribution in [1.82, 2.24) is 15.3 Å². The van der Waals surface area contributed by atoms with Gasteiger partial charge in [0, 0.05) is 31.0 Å². The van der Waals surface area contributed by atoms with Crippen LogP contribution in [0.3, 0.4) is 0 Å².